The first-order chi connectivity index (χ1) is 11.4. The number of likely N-dealkylation sites (tertiary alicyclic amines) is 1. The van der Waals surface area contributed by atoms with Crippen LogP contribution in [0, 0.1) is 11.8 Å². The van der Waals surface area contributed by atoms with Crippen LogP contribution < -0.4 is 10.0 Å². The van der Waals surface area contributed by atoms with Gasteiger partial charge in [0.2, 0.25) is 11.8 Å². The van der Waals surface area contributed by atoms with E-state index in [9.17, 15) is 18.0 Å². The lowest BCUT2D eigenvalue weighted by Crippen LogP contribution is -2.40. The number of carboxylic acid groups (broad SMARTS) is 1. The lowest BCUT2D eigenvalue weighted by molar-refractivity contribution is -0.129. The first-order valence-corrected chi connectivity index (χ1v) is 9.42. The quantitative estimate of drug-likeness (QED) is 0.574. The van der Waals surface area contributed by atoms with Gasteiger partial charge in [-0.2, -0.15) is 0 Å². The molecule has 0 saturated carbocycles. The number of nitrogens with zero attached hydrogens (tertiary/aromatic N) is 1. The van der Waals surface area contributed by atoms with E-state index >= 15 is 0 Å². The summed E-state index contributed by atoms with van der Waals surface area (Å²) in [6, 6.07) is 3.13. The van der Waals surface area contributed by atoms with E-state index < -0.39 is 10.0 Å². The van der Waals surface area contributed by atoms with Crippen LogP contribution in [0.5, 0.6) is 0 Å². The highest BCUT2D eigenvalue weighted by atomic mass is 32.2. The van der Waals surface area contributed by atoms with Gasteiger partial charge in [-0.05, 0) is 11.4 Å². The summed E-state index contributed by atoms with van der Waals surface area (Å²) in [4.78, 5) is 33.5. The molecule has 0 unspecified atom stereocenters. The molecule has 0 bridgehead atoms. The largest absolute Gasteiger partial charge is 0.483 e. The van der Waals surface area contributed by atoms with E-state index in [1.165, 1.54) is 6.07 Å². The molecule has 2 aliphatic heterocycles. The van der Waals surface area contributed by atoms with Gasteiger partial charge in [-0.25, -0.2) is 13.1 Å². The average Bonchev–Trinajstić information content (AvgIpc) is 3.24. The summed E-state index contributed by atoms with van der Waals surface area (Å²) >= 11 is 1.10. The number of nitrogens with one attached hydrogen (secondary N) is 2. The summed E-state index contributed by atoms with van der Waals surface area (Å²) < 4.78 is 26.3. The number of carbonyl (C=O) groups is 3. The standard InChI is InChI=1S/C12H15N3O4S2.CH2O2/c16-10(5-14-21(18,19)11-2-1-3-20-11)15-6-8-4-13-12(17)9(8)7-15;2-1-3/h1-3,8-9,14H,4-7H2,(H,13,17);1H,(H,2,3)/t8-,9+;/m0./s1. The molecule has 3 heterocycles. The molecule has 3 rings (SSSR count). The molecule has 3 N–H and O–H groups in total. The SMILES string of the molecule is O=C1NC[C@H]2CN(C(=O)CNS(=O)(=O)c3cccs3)C[C@@H]12.O=CO. The van der Waals surface area contributed by atoms with Gasteiger partial charge in [-0.15, -0.1) is 11.3 Å². The number of carbonyl (C=O) groups excluding carboxylic acids is 2. The molecule has 0 aliphatic carbocycles. The zero-order valence-electron chi connectivity index (χ0n) is 12.5. The van der Waals surface area contributed by atoms with E-state index in [1.807, 2.05) is 0 Å². The van der Waals surface area contributed by atoms with Crippen LogP contribution in [-0.2, 0) is 24.4 Å². The summed E-state index contributed by atoms with van der Waals surface area (Å²) in [7, 11) is -3.63. The van der Waals surface area contributed by atoms with Crippen molar-refractivity contribution in [2.24, 2.45) is 11.8 Å². The van der Waals surface area contributed by atoms with Crippen molar-refractivity contribution >= 4 is 39.6 Å². The highest BCUT2D eigenvalue weighted by Crippen LogP contribution is 2.27. The molecule has 2 aliphatic rings. The van der Waals surface area contributed by atoms with Crippen LogP contribution in [0.1, 0.15) is 0 Å². The summed E-state index contributed by atoms with van der Waals surface area (Å²) in [5, 5.41) is 11.3. The fourth-order valence-electron chi connectivity index (χ4n) is 2.70. The second-order valence-corrected chi connectivity index (χ2v) is 8.21. The number of thiophene rings is 1. The minimum absolute atomic E-state index is 0.0190. The molecular formula is C13H17N3O6S2. The monoisotopic (exact) mass is 375 g/mol. The van der Waals surface area contributed by atoms with Crippen LogP contribution in [0.15, 0.2) is 21.7 Å². The van der Waals surface area contributed by atoms with Gasteiger partial charge < -0.3 is 15.3 Å². The van der Waals surface area contributed by atoms with Gasteiger partial charge in [0, 0.05) is 25.6 Å². The Labute approximate surface area is 142 Å². The molecule has 11 heteroatoms. The van der Waals surface area contributed by atoms with Crippen molar-refractivity contribution in [3.05, 3.63) is 17.5 Å². The van der Waals surface area contributed by atoms with E-state index in [0.717, 1.165) is 11.3 Å². The number of sulfonamides is 1. The topological polar surface area (TPSA) is 133 Å². The number of hydrogen-bond donors (Lipinski definition) is 3. The Morgan fingerprint density at radius 1 is 1.50 bits per heavy atom. The third-order valence-corrected chi connectivity index (χ3v) is 6.64. The molecule has 2 atom stereocenters. The van der Waals surface area contributed by atoms with Gasteiger partial charge in [0.15, 0.2) is 0 Å². The van der Waals surface area contributed by atoms with Gasteiger partial charge in [0.25, 0.3) is 16.5 Å². The number of amides is 2. The maximum Gasteiger partial charge on any atom is 0.290 e. The van der Waals surface area contributed by atoms with Crippen molar-refractivity contribution in [3.8, 4) is 0 Å². The molecule has 2 amide bonds. The van der Waals surface area contributed by atoms with E-state index in [-0.39, 0.29) is 40.9 Å². The summed E-state index contributed by atoms with van der Waals surface area (Å²) in [6.07, 6.45) is 0. The Hall–Kier alpha value is -1.98. The van der Waals surface area contributed by atoms with Crippen LogP contribution in [0.2, 0.25) is 0 Å². The zero-order chi connectivity index (χ0) is 17.7. The summed E-state index contributed by atoms with van der Waals surface area (Å²) in [5.41, 5.74) is 0. The average molecular weight is 375 g/mol. The highest BCUT2D eigenvalue weighted by molar-refractivity contribution is 7.91. The Bertz CT molecular complexity index is 703. The van der Waals surface area contributed by atoms with Gasteiger partial charge in [-0.3, -0.25) is 14.4 Å². The van der Waals surface area contributed by atoms with Crippen molar-refractivity contribution in [2.45, 2.75) is 4.21 Å². The molecule has 132 valence electrons. The Kier molecular flexibility index (Phi) is 5.91. The van der Waals surface area contributed by atoms with Crippen LogP contribution in [-0.4, -0.2) is 62.9 Å². The Morgan fingerprint density at radius 3 is 2.79 bits per heavy atom. The number of hydrogen-bond acceptors (Lipinski definition) is 6. The molecule has 1 aromatic rings. The van der Waals surface area contributed by atoms with Crippen LogP contribution >= 0.6 is 11.3 Å². The predicted molar refractivity (Wildman–Crippen MR) is 84.8 cm³/mol. The second-order valence-electron chi connectivity index (χ2n) is 5.27. The van der Waals surface area contributed by atoms with Gasteiger partial charge in [0.1, 0.15) is 4.21 Å². The van der Waals surface area contributed by atoms with Crippen LogP contribution in [0.4, 0.5) is 0 Å². The predicted octanol–water partition coefficient (Wildman–Crippen LogP) is -1.07. The fraction of sp³-hybridized carbons (Fsp3) is 0.462. The number of rotatable bonds is 4. The molecular weight excluding hydrogens is 358 g/mol. The third-order valence-electron chi connectivity index (χ3n) is 3.84. The minimum atomic E-state index is -3.63. The third kappa shape index (κ3) is 4.10. The van der Waals surface area contributed by atoms with Crippen molar-refractivity contribution in [3.63, 3.8) is 0 Å². The van der Waals surface area contributed by atoms with Crippen LogP contribution in [0.3, 0.4) is 0 Å². The van der Waals surface area contributed by atoms with Crippen molar-refractivity contribution < 1.29 is 27.9 Å². The second kappa shape index (κ2) is 7.73. The summed E-state index contributed by atoms with van der Waals surface area (Å²) in [6.45, 7) is 0.939. The van der Waals surface area contributed by atoms with Crippen molar-refractivity contribution in [1.82, 2.24) is 14.9 Å². The Balaban J connectivity index is 0.000000647. The van der Waals surface area contributed by atoms with Gasteiger partial charge >= 0.3 is 0 Å². The van der Waals surface area contributed by atoms with Crippen molar-refractivity contribution in [2.75, 3.05) is 26.2 Å². The maximum atomic E-state index is 12.1. The fourth-order valence-corrected chi connectivity index (χ4v) is 4.71. The van der Waals surface area contributed by atoms with Gasteiger partial charge in [0.05, 0.1) is 12.5 Å². The normalized spacial score (nSPS) is 22.3. The minimum Gasteiger partial charge on any atom is -0.483 e. The van der Waals surface area contributed by atoms with Crippen molar-refractivity contribution in [1.29, 1.82) is 0 Å². The first-order valence-electron chi connectivity index (χ1n) is 7.05. The first kappa shape index (κ1) is 18.4. The molecule has 0 spiro atoms. The zero-order valence-corrected chi connectivity index (χ0v) is 14.2. The molecule has 24 heavy (non-hydrogen) atoms. The Morgan fingerprint density at radius 2 is 2.21 bits per heavy atom. The lowest BCUT2D eigenvalue weighted by Gasteiger charge is -2.17. The summed E-state index contributed by atoms with van der Waals surface area (Å²) in [5.74, 6) is -0.315. The highest BCUT2D eigenvalue weighted by Gasteiger charge is 2.43. The molecule has 9 nitrogen and oxygen atoms in total. The van der Waals surface area contributed by atoms with E-state index in [4.69, 9.17) is 9.90 Å². The molecule has 2 fully saturated rings. The molecule has 2 saturated heterocycles. The van der Waals surface area contributed by atoms with E-state index in [1.54, 1.807) is 16.3 Å². The molecule has 0 aromatic carbocycles. The van der Waals surface area contributed by atoms with Crippen LogP contribution in [0.25, 0.3) is 0 Å². The molecule has 1 aromatic heterocycles. The smallest absolute Gasteiger partial charge is 0.290 e. The maximum absolute atomic E-state index is 12.1. The number of fused-ring (bicyclic) bond motifs is 1. The van der Waals surface area contributed by atoms with E-state index in [0.29, 0.717) is 19.6 Å². The van der Waals surface area contributed by atoms with E-state index in [2.05, 4.69) is 10.0 Å². The van der Waals surface area contributed by atoms with Gasteiger partial charge in [-0.1, -0.05) is 6.07 Å². The molecule has 0 radical (unpaired) electrons. The lowest BCUT2D eigenvalue weighted by atomic mass is 10.0.